The van der Waals surface area contributed by atoms with Gasteiger partial charge in [0.25, 0.3) is 5.56 Å². The van der Waals surface area contributed by atoms with Crippen molar-refractivity contribution in [3.63, 3.8) is 0 Å². The van der Waals surface area contributed by atoms with E-state index in [0.29, 0.717) is 23.9 Å². The second-order valence-corrected chi connectivity index (χ2v) is 12.1. The molecular formula is C34H54F3N3O6. The lowest BCUT2D eigenvalue weighted by Crippen LogP contribution is -2.37. The molecule has 0 saturated carbocycles. The first-order valence-corrected chi connectivity index (χ1v) is 17.2. The molecule has 1 saturated heterocycles. The minimum atomic E-state index is -4.97. The summed E-state index contributed by atoms with van der Waals surface area (Å²) < 4.78 is 57.6. The summed E-state index contributed by atoms with van der Waals surface area (Å²) in [6.45, 7) is 5.04. The van der Waals surface area contributed by atoms with Crippen molar-refractivity contribution in [2.75, 3.05) is 26.3 Å². The number of carbonyl (C=O) groups excluding carboxylic acids is 1. The predicted molar refractivity (Wildman–Crippen MR) is 172 cm³/mol. The number of alkyl halides is 3. The zero-order chi connectivity index (χ0) is 33.8. The molecule has 1 N–H and O–H groups in total. The first-order chi connectivity index (χ1) is 22.1. The lowest BCUT2D eigenvalue weighted by molar-refractivity contribution is -0.139. The zero-order valence-corrected chi connectivity index (χ0v) is 27.7. The van der Waals surface area contributed by atoms with E-state index < -0.39 is 47.5 Å². The Balaban J connectivity index is 1.82. The van der Waals surface area contributed by atoms with Crippen molar-refractivity contribution in [1.29, 1.82) is 0 Å². The Morgan fingerprint density at radius 2 is 1.50 bits per heavy atom. The summed E-state index contributed by atoms with van der Waals surface area (Å²) in [5.74, 6) is 2.33. The van der Waals surface area contributed by atoms with E-state index in [1.165, 1.54) is 70.6 Å². The quantitative estimate of drug-likeness (QED) is 0.0962. The summed E-state index contributed by atoms with van der Waals surface area (Å²) >= 11 is 0. The molecule has 9 nitrogen and oxygen atoms in total. The van der Waals surface area contributed by atoms with E-state index in [9.17, 15) is 27.6 Å². The molecule has 0 aliphatic carbocycles. The van der Waals surface area contributed by atoms with Gasteiger partial charge in [-0.15, -0.1) is 6.42 Å². The van der Waals surface area contributed by atoms with Crippen LogP contribution in [0.15, 0.2) is 15.8 Å². The molecule has 0 spiro atoms. The van der Waals surface area contributed by atoms with Crippen LogP contribution < -0.4 is 11.2 Å². The fraction of sp³-hybridized carbons (Fsp3) is 0.794. The summed E-state index contributed by atoms with van der Waals surface area (Å²) in [5, 5.41) is 0. The van der Waals surface area contributed by atoms with Crippen LogP contribution in [0.4, 0.5) is 18.0 Å². The average molecular weight is 658 g/mol. The number of rotatable bonds is 23. The van der Waals surface area contributed by atoms with Crippen molar-refractivity contribution < 1.29 is 32.2 Å². The van der Waals surface area contributed by atoms with Gasteiger partial charge in [0.05, 0.1) is 6.10 Å². The highest BCUT2D eigenvalue weighted by Crippen LogP contribution is 2.32. The molecule has 0 aromatic carbocycles. The molecule has 0 unspecified atom stereocenters. The third-order valence-corrected chi connectivity index (χ3v) is 8.34. The van der Waals surface area contributed by atoms with Gasteiger partial charge < -0.3 is 19.1 Å². The molecule has 0 radical (unpaired) electrons. The first kappa shape index (κ1) is 39.4. The largest absolute Gasteiger partial charge is 0.447 e. The molecule has 12 heteroatoms. The van der Waals surface area contributed by atoms with Crippen LogP contribution in [0.5, 0.6) is 0 Å². The van der Waals surface area contributed by atoms with Gasteiger partial charge in [-0.05, 0) is 12.8 Å². The van der Waals surface area contributed by atoms with E-state index in [-0.39, 0.29) is 19.6 Å². The molecule has 2 heterocycles. The first-order valence-electron chi connectivity index (χ1n) is 17.2. The number of ether oxygens (including phenoxy) is 3. The molecular weight excluding hydrogens is 603 g/mol. The third-order valence-electron chi connectivity index (χ3n) is 8.34. The summed E-state index contributed by atoms with van der Waals surface area (Å²) in [6, 6.07) is 0. The number of halogens is 3. The number of hydrogen-bond donors (Lipinski definition) is 1. The number of unbranched alkanes of at least 4 members (excludes halogenated alkanes) is 14. The van der Waals surface area contributed by atoms with Gasteiger partial charge in [-0.2, -0.15) is 13.2 Å². The van der Waals surface area contributed by atoms with Gasteiger partial charge in [-0.3, -0.25) is 14.3 Å². The number of amides is 1. The predicted octanol–water partition coefficient (Wildman–Crippen LogP) is 7.58. The lowest BCUT2D eigenvalue weighted by atomic mass is 10.0. The molecule has 262 valence electrons. The van der Waals surface area contributed by atoms with Gasteiger partial charge in [0.2, 0.25) is 0 Å². The summed E-state index contributed by atoms with van der Waals surface area (Å²) in [5.41, 5.74) is -4.12. The minimum absolute atomic E-state index is 0.0360. The topological polar surface area (TPSA) is 103 Å². The number of hydrogen-bond acceptors (Lipinski definition) is 6. The van der Waals surface area contributed by atoms with E-state index >= 15 is 0 Å². The number of carbonyl (C=O) groups is 1. The molecule has 46 heavy (non-hydrogen) atoms. The maximum absolute atomic E-state index is 13.3. The zero-order valence-electron chi connectivity index (χ0n) is 27.7. The molecule has 1 amide bonds. The molecule has 2 rings (SSSR count). The lowest BCUT2D eigenvalue weighted by Gasteiger charge is -2.24. The van der Waals surface area contributed by atoms with Crippen molar-refractivity contribution in [3.8, 4) is 12.3 Å². The Kier molecular flexibility index (Phi) is 18.8. The monoisotopic (exact) mass is 657 g/mol. The van der Waals surface area contributed by atoms with Crippen molar-refractivity contribution in [2.24, 2.45) is 0 Å². The Bertz CT molecular complexity index is 1160. The van der Waals surface area contributed by atoms with Crippen LogP contribution in [0, 0.1) is 12.3 Å². The van der Waals surface area contributed by atoms with Crippen molar-refractivity contribution in [1.82, 2.24) is 14.5 Å². The second-order valence-electron chi connectivity index (χ2n) is 12.1. The van der Waals surface area contributed by atoms with Gasteiger partial charge in [0, 0.05) is 25.7 Å². The number of aromatic amines is 1. The van der Waals surface area contributed by atoms with Gasteiger partial charge >= 0.3 is 18.0 Å². The van der Waals surface area contributed by atoms with Gasteiger partial charge in [-0.25, -0.2) is 9.59 Å². The van der Waals surface area contributed by atoms with Gasteiger partial charge in [0.15, 0.2) is 0 Å². The Morgan fingerprint density at radius 3 is 2.04 bits per heavy atom. The summed E-state index contributed by atoms with van der Waals surface area (Å²) in [6.07, 6.45) is 16.6. The number of terminal acetylenes is 1. The highest BCUT2D eigenvalue weighted by atomic mass is 19.4. The minimum Gasteiger partial charge on any atom is -0.447 e. The number of nitrogens with zero attached hydrogens (tertiary/aromatic N) is 2. The highest BCUT2D eigenvalue weighted by Gasteiger charge is 2.41. The number of nitrogens with one attached hydrogen (secondary N) is 1. The fourth-order valence-corrected chi connectivity index (χ4v) is 5.64. The smallest absolute Gasteiger partial charge is 0.423 e. The summed E-state index contributed by atoms with van der Waals surface area (Å²) in [4.78, 5) is 40.5. The summed E-state index contributed by atoms with van der Waals surface area (Å²) in [7, 11) is 0. The van der Waals surface area contributed by atoms with Crippen LogP contribution >= 0.6 is 0 Å². The van der Waals surface area contributed by atoms with Crippen molar-refractivity contribution >= 4 is 6.09 Å². The van der Waals surface area contributed by atoms with E-state index in [4.69, 9.17) is 20.6 Å². The van der Waals surface area contributed by atoms with Crippen LogP contribution in [0.25, 0.3) is 0 Å². The highest BCUT2D eigenvalue weighted by molar-refractivity contribution is 5.67. The van der Waals surface area contributed by atoms with Crippen molar-refractivity contribution in [3.05, 3.63) is 32.6 Å². The molecule has 3 atom stereocenters. The molecule has 1 fully saturated rings. The molecule has 1 aromatic heterocycles. The fourth-order valence-electron chi connectivity index (χ4n) is 5.64. The van der Waals surface area contributed by atoms with E-state index in [2.05, 4.69) is 12.8 Å². The van der Waals surface area contributed by atoms with Crippen LogP contribution in [0.1, 0.15) is 135 Å². The SMILES string of the molecule is C#CCO[C@H]1C[C@H](n2cc(C(F)(F)F)c(=O)[nH]c2=O)O[C@@H]1COC(=O)N(CCCC)CCCCCCCCCCCCCCCC. The average Bonchev–Trinajstić information content (AvgIpc) is 3.42. The van der Waals surface area contributed by atoms with E-state index in [0.717, 1.165) is 32.1 Å². The molecule has 1 aliphatic rings. The molecule has 1 aliphatic heterocycles. The number of aromatic nitrogens is 2. The van der Waals surface area contributed by atoms with Crippen molar-refractivity contribution in [2.45, 2.75) is 148 Å². The number of H-pyrrole nitrogens is 1. The second kappa shape index (κ2) is 21.9. The normalized spacial score (nSPS) is 18.0. The van der Waals surface area contributed by atoms with Crippen LogP contribution in [0.2, 0.25) is 0 Å². The Hall–Kier alpha value is -2.78. The van der Waals surface area contributed by atoms with E-state index in [1.54, 1.807) is 9.88 Å². The Morgan fingerprint density at radius 1 is 0.957 bits per heavy atom. The van der Waals surface area contributed by atoms with Gasteiger partial charge in [-0.1, -0.05) is 110 Å². The Labute approximate surface area is 271 Å². The van der Waals surface area contributed by atoms with Crippen LogP contribution in [-0.2, 0) is 20.4 Å². The standard InChI is InChI=1S/C34H54F3N3O6/c1-4-7-9-10-11-12-13-14-15-16-17-18-19-20-22-39(21-8-5-2)33(43)45-26-29-28(44-23-6-3)24-30(46-29)40-25-27(34(35,36)37)31(41)38-32(40)42/h3,25,28-30H,4-5,7-24,26H2,1-2H3,(H,38,41,42)/t28-,29+,30+/m0/s1. The third kappa shape index (κ3) is 14.3. The molecule has 0 bridgehead atoms. The maximum Gasteiger partial charge on any atom is 0.423 e. The maximum atomic E-state index is 13.3. The van der Waals surface area contributed by atoms with Crippen LogP contribution in [-0.4, -0.2) is 59.1 Å². The van der Waals surface area contributed by atoms with Crippen LogP contribution in [0.3, 0.4) is 0 Å². The van der Waals surface area contributed by atoms with Gasteiger partial charge in [0.1, 0.15) is 31.1 Å². The molecule has 1 aromatic rings. The van der Waals surface area contributed by atoms with E-state index in [1.807, 2.05) is 6.92 Å².